The van der Waals surface area contributed by atoms with Gasteiger partial charge in [0.05, 0.1) is 11.1 Å². The highest BCUT2D eigenvalue weighted by atomic mass is 16.4. The van der Waals surface area contributed by atoms with Gasteiger partial charge in [-0.2, -0.15) is 0 Å². The Morgan fingerprint density at radius 1 is 1.37 bits per heavy atom. The second-order valence-corrected chi connectivity index (χ2v) is 5.48. The molecule has 1 fully saturated rings. The maximum atomic E-state index is 10.9. The number of aromatic nitrogens is 3. The molecule has 0 saturated heterocycles. The van der Waals surface area contributed by atoms with Crippen LogP contribution in [0, 0.1) is 5.92 Å². The van der Waals surface area contributed by atoms with Gasteiger partial charge in [-0.05, 0) is 24.8 Å². The molecule has 5 heteroatoms. The van der Waals surface area contributed by atoms with Crippen molar-refractivity contribution in [2.45, 2.75) is 38.5 Å². The minimum absolute atomic E-state index is 0.194. The molecule has 2 N–H and O–H groups in total. The van der Waals surface area contributed by atoms with Crippen molar-refractivity contribution in [3.8, 4) is 0 Å². The first-order valence-corrected chi connectivity index (χ1v) is 6.72. The Bertz CT molecular complexity index is 612. The Hall–Kier alpha value is -1.91. The molecule has 3 rings (SSSR count). The van der Waals surface area contributed by atoms with Crippen LogP contribution in [0.15, 0.2) is 12.3 Å². The van der Waals surface area contributed by atoms with Gasteiger partial charge >= 0.3 is 5.97 Å². The van der Waals surface area contributed by atoms with Crippen LogP contribution in [0.3, 0.4) is 0 Å². The van der Waals surface area contributed by atoms with Crippen LogP contribution in [0.25, 0.3) is 11.2 Å². The number of carboxylic acids is 1. The molecule has 0 aromatic carbocycles. The van der Waals surface area contributed by atoms with E-state index in [1.165, 1.54) is 19.0 Å². The molecule has 0 unspecified atom stereocenters. The number of aromatic carboxylic acids is 1. The van der Waals surface area contributed by atoms with E-state index < -0.39 is 5.97 Å². The summed E-state index contributed by atoms with van der Waals surface area (Å²) < 4.78 is 0. The lowest BCUT2D eigenvalue weighted by Crippen LogP contribution is -2.11. The number of hydrogen-bond donors (Lipinski definition) is 2. The van der Waals surface area contributed by atoms with Gasteiger partial charge < -0.3 is 10.1 Å². The zero-order valence-corrected chi connectivity index (χ0v) is 10.9. The number of imidazole rings is 1. The fourth-order valence-electron chi connectivity index (χ4n) is 2.76. The minimum atomic E-state index is -0.961. The standard InChI is InChI=1S/C14H17N3O2/c1-8-2-4-9(5-3-8)12-16-11-6-10(14(18)19)7-15-13(11)17-12/h6-9H,2-5H2,1H3,(H,18,19)(H,15,16,17). The quantitative estimate of drug-likeness (QED) is 0.869. The Kier molecular flexibility index (Phi) is 2.97. The van der Waals surface area contributed by atoms with E-state index in [1.807, 2.05) is 0 Å². The lowest BCUT2D eigenvalue weighted by Gasteiger charge is -2.24. The molecule has 0 aliphatic heterocycles. The summed E-state index contributed by atoms with van der Waals surface area (Å²) in [4.78, 5) is 22.8. The number of hydrogen-bond acceptors (Lipinski definition) is 3. The predicted molar refractivity (Wildman–Crippen MR) is 71.2 cm³/mol. The van der Waals surface area contributed by atoms with Gasteiger partial charge in [0.1, 0.15) is 5.82 Å². The first kappa shape index (κ1) is 12.1. The van der Waals surface area contributed by atoms with Gasteiger partial charge in [0.15, 0.2) is 5.65 Å². The van der Waals surface area contributed by atoms with Crippen LogP contribution >= 0.6 is 0 Å². The SMILES string of the molecule is CC1CCC(c2nc3ncc(C(=O)O)cc3[nH]2)CC1. The van der Waals surface area contributed by atoms with Gasteiger partial charge in [-0.15, -0.1) is 0 Å². The maximum absolute atomic E-state index is 10.9. The van der Waals surface area contributed by atoms with Crippen LogP contribution in [0.4, 0.5) is 0 Å². The summed E-state index contributed by atoms with van der Waals surface area (Å²) in [7, 11) is 0. The molecule has 100 valence electrons. The van der Waals surface area contributed by atoms with Crippen LogP contribution < -0.4 is 0 Å². The second kappa shape index (κ2) is 4.64. The second-order valence-electron chi connectivity index (χ2n) is 5.48. The van der Waals surface area contributed by atoms with E-state index in [0.29, 0.717) is 17.1 Å². The summed E-state index contributed by atoms with van der Waals surface area (Å²) in [5.74, 6) is 1.25. The average Bonchev–Trinajstić information content (AvgIpc) is 2.82. The van der Waals surface area contributed by atoms with Gasteiger partial charge in [0, 0.05) is 12.1 Å². The zero-order chi connectivity index (χ0) is 13.4. The molecule has 2 aromatic rings. The van der Waals surface area contributed by atoms with Crippen molar-refractivity contribution in [1.29, 1.82) is 0 Å². The number of rotatable bonds is 2. The summed E-state index contributed by atoms with van der Waals surface area (Å²) in [6.45, 7) is 2.29. The number of carboxylic acid groups (broad SMARTS) is 1. The predicted octanol–water partition coefficient (Wildman–Crippen LogP) is 2.95. The number of pyridine rings is 1. The number of carbonyl (C=O) groups is 1. The van der Waals surface area contributed by atoms with E-state index >= 15 is 0 Å². The fourth-order valence-corrected chi connectivity index (χ4v) is 2.76. The molecule has 0 spiro atoms. The lowest BCUT2D eigenvalue weighted by molar-refractivity contribution is 0.0696. The number of aromatic amines is 1. The van der Waals surface area contributed by atoms with Gasteiger partial charge in [-0.3, -0.25) is 0 Å². The fraction of sp³-hybridized carbons (Fsp3) is 0.500. The molecule has 0 radical (unpaired) electrons. The van der Waals surface area contributed by atoms with E-state index in [-0.39, 0.29) is 5.56 Å². The summed E-state index contributed by atoms with van der Waals surface area (Å²) >= 11 is 0. The third kappa shape index (κ3) is 2.32. The molecule has 0 bridgehead atoms. The highest BCUT2D eigenvalue weighted by Gasteiger charge is 2.22. The normalized spacial score (nSPS) is 23.6. The zero-order valence-electron chi connectivity index (χ0n) is 10.9. The van der Waals surface area contributed by atoms with Gasteiger partial charge in [0.2, 0.25) is 0 Å². The van der Waals surface area contributed by atoms with Crippen LogP contribution in [0.1, 0.15) is 54.7 Å². The van der Waals surface area contributed by atoms with Crippen molar-refractivity contribution in [3.63, 3.8) is 0 Å². The van der Waals surface area contributed by atoms with E-state index in [4.69, 9.17) is 5.11 Å². The Morgan fingerprint density at radius 2 is 2.11 bits per heavy atom. The summed E-state index contributed by atoms with van der Waals surface area (Å²) in [5.41, 5.74) is 1.52. The molecule has 0 atom stereocenters. The molecular weight excluding hydrogens is 242 g/mol. The third-order valence-corrected chi connectivity index (χ3v) is 4.01. The molecule has 2 aromatic heterocycles. The van der Waals surface area contributed by atoms with Crippen molar-refractivity contribution >= 4 is 17.1 Å². The number of nitrogens with zero attached hydrogens (tertiary/aromatic N) is 2. The first-order valence-electron chi connectivity index (χ1n) is 6.72. The average molecular weight is 259 g/mol. The van der Waals surface area contributed by atoms with Crippen molar-refractivity contribution in [2.75, 3.05) is 0 Å². The lowest BCUT2D eigenvalue weighted by atomic mass is 9.83. The van der Waals surface area contributed by atoms with Gasteiger partial charge in [-0.25, -0.2) is 14.8 Å². The summed E-state index contributed by atoms with van der Waals surface area (Å²) in [5, 5.41) is 8.95. The number of H-pyrrole nitrogens is 1. The van der Waals surface area contributed by atoms with Crippen LogP contribution in [0.2, 0.25) is 0 Å². The molecule has 1 aliphatic carbocycles. The highest BCUT2D eigenvalue weighted by molar-refractivity contribution is 5.90. The molecule has 1 aliphatic rings. The van der Waals surface area contributed by atoms with E-state index in [2.05, 4.69) is 21.9 Å². The van der Waals surface area contributed by atoms with Crippen molar-refractivity contribution in [1.82, 2.24) is 15.0 Å². The smallest absolute Gasteiger partial charge is 0.337 e. The minimum Gasteiger partial charge on any atom is -0.478 e. The van der Waals surface area contributed by atoms with Crippen molar-refractivity contribution in [2.24, 2.45) is 5.92 Å². The highest BCUT2D eigenvalue weighted by Crippen LogP contribution is 2.34. The molecule has 5 nitrogen and oxygen atoms in total. The topological polar surface area (TPSA) is 78.9 Å². The Morgan fingerprint density at radius 3 is 2.79 bits per heavy atom. The third-order valence-electron chi connectivity index (χ3n) is 4.01. The molecule has 0 amide bonds. The summed E-state index contributed by atoms with van der Waals surface area (Å²) in [6.07, 6.45) is 6.11. The molecule has 19 heavy (non-hydrogen) atoms. The monoisotopic (exact) mass is 259 g/mol. The molecule has 1 saturated carbocycles. The van der Waals surface area contributed by atoms with Crippen molar-refractivity contribution < 1.29 is 9.90 Å². The van der Waals surface area contributed by atoms with E-state index in [1.54, 1.807) is 6.07 Å². The van der Waals surface area contributed by atoms with Crippen LogP contribution in [0.5, 0.6) is 0 Å². The van der Waals surface area contributed by atoms with Crippen molar-refractivity contribution in [3.05, 3.63) is 23.7 Å². The van der Waals surface area contributed by atoms with Gasteiger partial charge in [0.25, 0.3) is 0 Å². The Labute approximate surface area is 111 Å². The maximum Gasteiger partial charge on any atom is 0.337 e. The molecular formula is C14H17N3O2. The first-order chi connectivity index (χ1) is 9.13. The van der Waals surface area contributed by atoms with E-state index in [9.17, 15) is 4.79 Å². The summed E-state index contributed by atoms with van der Waals surface area (Å²) in [6, 6.07) is 1.60. The number of fused-ring (bicyclic) bond motifs is 1. The van der Waals surface area contributed by atoms with Crippen LogP contribution in [-0.2, 0) is 0 Å². The molecule has 2 heterocycles. The number of nitrogens with one attached hydrogen (secondary N) is 1. The Balaban J connectivity index is 1.91. The largest absolute Gasteiger partial charge is 0.478 e. The van der Waals surface area contributed by atoms with Gasteiger partial charge in [-0.1, -0.05) is 19.8 Å². The van der Waals surface area contributed by atoms with E-state index in [0.717, 1.165) is 24.6 Å². The van der Waals surface area contributed by atoms with Crippen LogP contribution in [-0.4, -0.2) is 26.0 Å².